The lowest BCUT2D eigenvalue weighted by Gasteiger charge is -2.39. The highest BCUT2D eigenvalue weighted by atomic mass is 32.1. The number of amides is 4. The van der Waals surface area contributed by atoms with Crippen LogP contribution in [-0.4, -0.2) is 101 Å². The molecule has 4 N–H and O–H groups in total. The van der Waals surface area contributed by atoms with Crippen LogP contribution >= 0.6 is 11.3 Å². The molecule has 4 amide bonds. The molecule has 1 saturated heterocycles. The van der Waals surface area contributed by atoms with Crippen molar-refractivity contribution in [2.24, 2.45) is 17.8 Å². The number of carbonyl (C=O) groups excluding carboxylic acids is 4. The van der Waals surface area contributed by atoms with E-state index in [1.807, 2.05) is 65.9 Å². The number of nitrogens with one attached hydrogen (secondary N) is 3. The summed E-state index contributed by atoms with van der Waals surface area (Å²) in [5.74, 6) is -3.05. The number of piperidine rings is 1. The zero-order valence-corrected chi connectivity index (χ0v) is 41.1. The number of likely N-dealkylation sites (N-methyl/N-ethyl adjacent to an activating group) is 1. The van der Waals surface area contributed by atoms with E-state index in [1.165, 1.54) is 16.4 Å². The van der Waals surface area contributed by atoms with E-state index in [2.05, 4.69) is 34.7 Å². The molecule has 0 aliphatic carbocycles. The summed E-state index contributed by atoms with van der Waals surface area (Å²) in [4.78, 5) is 81.4. The lowest BCUT2D eigenvalue weighted by Crippen LogP contribution is -2.58. The SMILES string of the molecule is CCCCCCNC(=O)O[C@H](C[C@H](C(C)C)N(OCCCCCC)C(=O)[C@@H](NC(=O)[C@H]1CCCCN1C)[C@@H](C)CC)c1nc(C(=O)N[C@@H](Cc2ccc(C)cc2)C[C@H](C)C(=O)O)cs1. The minimum absolute atomic E-state index is 0.106. The Hall–Kier alpha value is -4.08. The molecule has 3 rings (SSSR count). The first kappa shape index (κ1) is 54.3. The Bertz CT molecular complexity index is 1720. The first-order chi connectivity index (χ1) is 30.6. The van der Waals surface area contributed by atoms with Gasteiger partial charge >= 0.3 is 12.1 Å². The average molecular weight is 913 g/mol. The number of nitrogens with zero attached hydrogens (tertiary/aromatic N) is 3. The van der Waals surface area contributed by atoms with Crippen molar-refractivity contribution in [3.63, 3.8) is 0 Å². The van der Waals surface area contributed by atoms with E-state index in [0.717, 1.165) is 88.3 Å². The molecule has 64 heavy (non-hydrogen) atoms. The summed E-state index contributed by atoms with van der Waals surface area (Å²) >= 11 is 1.18. The number of carboxylic acid groups (broad SMARTS) is 1. The molecule has 1 fully saturated rings. The van der Waals surface area contributed by atoms with Gasteiger partial charge in [0.15, 0.2) is 6.10 Å². The fourth-order valence-corrected chi connectivity index (χ4v) is 8.83. The van der Waals surface area contributed by atoms with Gasteiger partial charge in [-0.05, 0) is 76.4 Å². The zero-order chi connectivity index (χ0) is 47.2. The van der Waals surface area contributed by atoms with Gasteiger partial charge in [0.1, 0.15) is 16.7 Å². The second kappa shape index (κ2) is 28.7. The monoisotopic (exact) mass is 913 g/mol. The van der Waals surface area contributed by atoms with Crippen LogP contribution in [0.2, 0.25) is 0 Å². The zero-order valence-electron chi connectivity index (χ0n) is 40.3. The summed E-state index contributed by atoms with van der Waals surface area (Å²) in [6.45, 7) is 17.3. The van der Waals surface area contributed by atoms with E-state index in [4.69, 9.17) is 14.6 Å². The molecule has 0 saturated carbocycles. The minimum Gasteiger partial charge on any atom is -0.481 e. The number of alkyl carbamates (subject to hydrolysis) is 1. The van der Waals surface area contributed by atoms with Crippen LogP contribution in [0.15, 0.2) is 29.6 Å². The maximum absolute atomic E-state index is 15.0. The number of aryl methyl sites for hydroxylation is 1. The summed E-state index contributed by atoms with van der Waals surface area (Å²) < 4.78 is 6.17. The maximum Gasteiger partial charge on any atom is 0.407 e. The van der Waals surface area contributed by atoms with E-state index in [0.29, 0.717) is 24.4 Å². The fraction of sp³-hybridized carbons (Fsp3) is 0.714. The number of aliphatic carboxylic acids is 1. The summed E-state index contributed by atoms with van der Waals surface area (Å²) in [6, 6.07) is 5.61. The molecule has 0 spiro atoms. The predicted molar refractivity (Wildman–Crippen MR) is 253 cm³/mol. The van der Waals surface area contributed by atoms with E-state index in [-0.39, 0.29) is 54.8 Å². The molecule has 2 heterocycles. The van der Waals surface area contributed by atoms with Crippen LogP contribution in [0.3, 0.4) is 0 Å². The number of hydroxylamine groups is 2. The number of carbonyl (C=O) groups is 5. The van der Waals surface area contributed by atoms with Gasteiger partial charge in [0.2, 0.25) is 5.91 Å². The van der Waals surface area contributed by atoms with Crippen LogP contribution < -0.4 is 16.0 Å². The maximum atomic E-state index is 15.0. The van der Waals surface area contributed by atoms with E-state index >= 15 is 0 Å². The molecule has 1 aliphatic heterocycles. The molecule has 1 aromatic heterocycles. The Morgan fingerprint density at radius 3 is 2.23 bits per heavy atom. The van der Waals surface area contributed by atoms with Crippen molar-refractivity contribution in [3.8, 4) is 0 Å². The van der Waals surface area contributed by atoms with Gasteiger partial charge in [0.25, 0.3) is 11.8 Å². The van der Waals surface area contributed by atoms with E-state index in [1.54, 1.807) is 12.3 Å². The highest BCUT2D eigenvalue weighted by Crippen LogP contribution is 2.32. The Kier molecular flexibility index (Phi) is 24.4. The molecule has 14 nitrogen and oxygen atoms in total. The first-order valence-electron chi connectivity index (χ1n) is 24.1. The van der Waals surface area contributed by atoms with Gasteiger partial charge in [0, 0.05) is 24.4 Å². The highest BCUT2D eigenvalue weighted by molar-refractivity contribution is 7.09. The van der Waals surface area contributed by atoms with Crippen molar-refractivity contribution < 1.29 is 38.7 Å². The number of hydrogen-bond donors (Lipinski definition) is 4. The van der Waals surface area contributed by atoms with Crippen LogP contribution in [-0.2, 0) is 30.4 Å². The number of aromatic nitrogens is 1. The number of likely N-dealkylation sites (tertiary alicyclic amines) is 1. The average Bonchev–Trinajstić information content (AvgIpc) is 3.77. The molecule has 2 aromatic rings. The van der Waals surface area contributed by atoms with Gasteiger partial charge in [-0.3, -0.25) is 28.9 Å². The number of rotatable bonds is 29. The van der Waals surface area contributed by atoms with Crippen LogP contribution in [0.4, 0.5) is 4.79 Å². The predicted octanol–water partition coefficient (Wildman–Crippen LogP) is 9.02. The summed E-state index contributed by atoms with van der Waals surface area (Å²) in [6.07, 6.45) is 10.1. The van der Waals surface area contributed by atoms with Gasteiger partial charge in [-0.15, -0.1) is 11.3 Å². The Labute approximate surface area is 387 Å². The van der Waals surface area contributed by atoms with Crippen LogP contribution in [0, 0.1) is 24.7 Å². The first-order valence-corrected chi connectivity index (χ1v) is 24.9. The third kappa shape index (κ3) is 18.1. The molecule has 360 valence electrons. The lowest BCUT2D eigenvalue weighted by atomic mass is 9.93. The van der Waals surface area contributed by atoms with E-state index in [9.17, 15) is 29.1 Å². The molecule has 7 atom stereocenters. The second-order valence-electron chi connectivity index (χ2n) is 18.3. The molecular weight excluding hydrogens is 833 g/mol. The smallest absolute Gasteiger partial charge is 0.407 e. The number of unbranched alkanes of at least 4 members (excludes halogenated alkanes) is 6. The molecule has 0 unspecified atom stereocenters. The topological polar surface area (TPSA) is 179 Å². The Morgan fingerprint density at radius 1 is 0.922 bits per heavy atom. The summed E-state index contributed by atoms with van der Waals surface area (Å²) in [5, 5.41) is 22.2. The van der Waals surface area contributed by atoms with Crippen molar-refractivity contribution in [2.45, 2.75) is 182 Å². The van der Waals surface area contributed by atoms with Gasteiger partial charge < -0.3 is 25.8 Å². The molecule has 0 bridgehead atoms. The minimum atomic E-state index is -0.975. The quantitative estimate of drug-likeness (QED) is 0.0455. The normalized spacial score (nSPS) is 17.1. The van der Waals surface area contributed by atoms with Gasteiger partial charge in [-0.1, -0.05) is 130 Å². The second-order valence-corrected chi connectivity index (χ2v) is 19.1. The Morgan fingerprint density at radius 2 is 1.61 bits per heavy atom. The number of thiazole rings is 1. The standard InChI is InChI=1S/C49H80N6O8S/c1-10-13-15-18-26-50-49(61)63-42(46-52-39(32-64-46)44(56)51-38(29-36(8)48(59)60)30-37-24-22-34(6)23-25-37)31-41(33(4)5)55(62-28-20-16-14-11-2)47(58)43(35(7)12-3)53-45(57)40-21-17-19-27-54(40)9/h22-25,32-33,35-36,38,40-43H,10-21,26-31H2,1-9H3,(H,50,61)(H,51,56)(H,53,57)(H,59,60)/t35-,36-,38+,40+,41+,42+,43-/m0/s1. The van der Waals surface area contributed by atoms with Crippen molar-refractivity contribution in [2.75, 3.05) is 26.7 Å². The Balaban J connectivity index is 2.00. The third-order valence-corrected chi connectivity index (χ3v) is 13.3. The molecule has 0 radical (unpaired) electrons. The van der Waals surface area contributed by atoms with Crippen molar-refractivity contribution in [3.05, 3.63) is 51.5 Å². The van der Waals surface area contributed by atoms with E-state index < -0.39 is 48.1 Å². The molecule has 1 aliphatic rings. The number of carboxylic acids is 1. The highest BCUT2D eigenvalue weighted by Gasteiger charge is 2.40. The molecular formula is C49H80N6O8S. The van der Waals surface area contributed by atoms with Crippen LogP contribution in [0.25, 0.3) is 0 Å². The largest absolute Gasteiger partial charge is 0.481 e. The molecule has 1 aromatic carbocycles. The lowest BCUT2D eigenvalue weighted by molar-refractivity contribution is -0.212. The summed E-state index contributed by atoms with van der Waals surface area (Å²) in [7, 11) is 1.95. The number of ether oxygens (including phenoxy) is 1. The van der Waals surface area contributed by atoms with Crippen LogP contribution in [0.1, 0.15) is 171 Å². The van der Waals surface area contributed by atoms with Gasteiger partial charge in [-0.2, -0.15) is 0 Å². The number of hydrogen-bond acceptors (Lipinski definition) is 10. The van der Waals surface area contributed by atoms with Gasteiger partial charge in [0.05, 0.1) is 24.6 Å². The fourth-order valence-electron chi connectivity index (χ4n) is 7.99. The molecule has 15 heteroatoms. The van der Waals surface area contributed by atoms with Crippen molar-refractivity contribution in [1.29, 1.82) is 0 Å². The van der Waals surface area contributed by atoms with Crippen LogP contribution in [0.5, 0.6) is 0 Å². The number of benzene rings is 1. The summed E-state index contributed by atoms with van der Waals surface area (Å²) in [5.41, 5.74) is 2.17. The third-order valence-electron chi connectivity index (χ3n) is 12.4. The van der Waals surface area contributed by atoms with Gasteiger partial charge in [-0.25, -0.2) is 14.8 Å². The van der Waals surface area contributed by atoms with Crippen molar-refractivity contribution in [1.82, 2.24) is 30.9 Å². The van der Waals surface area contributed by atoms with Crippen molar-refractivity contribution >= 4 is 41.1 Å².